The summed E-state index contributed by atoms with van der Waals surface area (Å²) in [6.07, 6.45) is 1.29. The van der Waals surface area contributed by atoms with Crippen LogP contribution in [0.5, 0.6) is 0 Å². The van der Waals surface area contributed by atoms with Gasteiger partial charge in [-0.25, -0.2) is 9.78 Å². The van der Waals surface area contributed by atoms with Gasteiger partial charge in [0.1, 0.15) is 18.1 Å². The number of carbonyl (C=O) groups is 1. The van der Waals surface area contributed by atoms with Crippen molar-refractivity contribution in [2.24, 2.45) is 16.2 Å². The van der Waals surface area contributed by atoms with Crippen molar-refractivity contribution in [2.75, 3.05) is 17.4 Å². The van der Waals surface area contributed by atoms with E-state index in [1.54, 1.807) is 0 Å². The molecule has 2 aromatic heterocycles. The molecule has 18 heteroatoms. The second-order valence-electron chi connectivity index (χ2n) is 14.7. The fourth-order valence-corrected chi connectivity index (χ4v) is 13.5. The molecular weight excluding hydrogens is 638 g/mol. The van der Waals surface area contributed by atoms with Gasteiger partial charge in [-0.15, -0.1) is 0 Å². The number of aliphatic hydroxyl groups is 2. The number of aliphatic hydroxyl groups excluding tert-OH is 2. The van der Waals surface area contributed by atoms with Gasteiger partial charge in [0.2, 0.25) is 12.7 Å². The van der Waals surface area contributed by atoms with Crippen LogP contribution >= 0.6 is 26.6 Å². The van der Waals surface area contributed by atoms with Gasteiger partial charge < -0.3 is 34.9 Å². The van der Waals surface area contributed by atoms with Crippen molar-refractivity contribution in [1.29, 1.82) is 0 Å². The minimum atomic E-state index is -4.74. The number of ether oxygens (including phenoxy) is 1. The molecule has 1 aliphatic heterocycles. The fourth-order valence-electron chi connectivity index (χ4n) is 9.85. The molecule has 5 fully saturated rings. The molecule has 2 aromatic rings. The molecule has 5 aliphatic rings. The quantitative estimate of drug-likeness (QED) is 0.158. The summed E-state index contributed by atoms with van der Waals surface area (Å²) in [4.78, 5) is 54.3. The normalized spacial score (nSPS) is 39.5. The molecule has 1 saturated heterocycles. The lowest BCUT2D eigenvalue weighted by molar-refractivity contribution is -0.154. The number of urea groups is 1. The van der Waals surface area contributed by atoms with E-state index >= 15 is 0 Å². The first kappa shape index (κ1) is 32.3. The van der Waals surface area contributed by atoms with Crippen LogP contribution in [0.15, 0.2) is 6.33 Å². The third-order valence-electron chi connectivity index (χ3n) is 9.64. The van der Waals surface area contributed by atoms with Gasteiger partial charge in [0.05, 0.1) is 12.4 Å². The number of aromatic nitrogens is 4. The van der Waals surface area contributed by atoms with E-state index in [9.17, 15) is 29.0 Å². The molecule has 7 N–H and O–H groups in total. The number of amides is 2. The first-order chi connectivity index (χ1) is 20.2. The molecule has 2 amide bonds. The maximum Gasteiger partial charge on any atom is 0.335 e. The summed E-state index contributed by atoms with van der Waals surface area (Å²) < 4.78 is 30.6. The predicted molar refractivity (Wildman–Crippen MR) is 159 cm³/mol. The second kappa shape index (κ2) is 10.4. The smallest absolute Gasteiger partial charge is 0.335 e. The van der Waals surface area contributed by atoms with Crippen molar-refractivity contribution in [3.63, 3.8) is 0 Å². The number of halogens is 1. The Balaban J connectivity index is 1.19. The molecule has 0 radical (unpaired) electrons. The maximum absolute atomic E-state index is 13.5. The van der Waals surface area contributed by atoms with Gasteiger partial charge in [0.15, 0.2) is 23.2 Å². The van der Waals surface area contributed by atoms with Crippen molar-refractivity contribution in [2.45, 2.75) is 95.8 Å². The minimum Gasteiger partial charge on any atom is -0.388 e. The molecule has 2 unspecified atom stereocenters. The van der Waals surface area contributed by atoms with Crippen LogP contribution in [0.2, 0.25) is 5.28 Å². The van der Waals surface area contributed by atoms with Crippen LogP contribution in [0.4, 0.5) is 10.6 Å². The average Bonchev–Trinajstić information content (AvgIpc) is 3.33. The highest BCUT2D eigenvalue weighted by Gasteiger charge is 2.64. The van der Waals surface area contributed by atoms with Crippen LogP contribution in [0, 0.1) is 16.2 Å². The monoisotopic (exact) mass is 676 g/mol. The van der Waals surface area contributed by atoms with Gasteiger partial charge in [-0.3, -0.25) is 19.0 Å². The van der Waals surface area contributed by atoms with Crippen LogP contribution in [0.3, 0.4) is 0 Å². The summed E-state index contributed by atoms with van der Waals surface area (Å²) in [5.74, 6) is -1.15. The Bertz CT molecular complexity index is 1550. The second-order valence-corrected chi connectivity index (χ2v) is 19.7. The lowest BCUT2D eigenvalue weighted by atomic mass is 9.38. The highest BCUT2D eigenvalue weighted by molar-refractivity contribution is 7.72. The van der Waals surface area contributed by atoms with Crippen LogP contribution in [-0.4, -0.2) is 86.4 Å². The van der Waals surface area contributed by atoms with E-state index in [0.717, 1.165) is 38.5 Å². The zero-order valence-electron chi connectivity index (χ0n) is 24.7. The van der Waals surface area contributed by atoms with E-state index in [1.165, 1.54) is 10.9 Å². The molecule has 244 valence electrons. The van der Waals surface area contributed by atoms with E-state index in [0.29, 0.717) is 0 Å². The highest BCUT2D eigenvalue weighted by Crippen LogP contribution is 2.70. The van der Waals surface area contributed by atoms with Crippen molar-refractivity contribution >= 4 is 49.6 Å². The van der Waals surface area contributed by atoms with Crippen molar-refractivity contribution < 1.29 is 43.6 Å². The van der Waals surface area contributed by atoms with Crippen LogP contribution in [0.1, 0.15) is 71.9 Å². The number of imidazole rings is 1. The van der Waals surface area contributed by atoms with Gasteiger partial charge in [0.25, 0.3) is 0 Å². The van der Waals surface area contributed by atoms with Crippen molar-refractivity contribution in [1.82, 2.24) is 24.8 Å². The topological polar surface area (TPSA) is 229 Å². The Kier molecular flexibility index (Phi) is 7.64. The third kappa shape index (κ3) is 6.20. The number of nitrogens with one attached hydrogen (secondary N) is 2. The van der Waals surface area contributed by atoms with E-state index in [2.05, 4.69) is 46.4 Å². The first-order valence-electron chi connectivity index (χ1n) is 14.6. The Morgan fingerprint density at radius 3 is 2.18 bits per heavy atom. The molecular formula is C26H39ClN6O9P2. The third-order valence-corrected chi connectivity index (χ3v) is 14.0. The number of rotatable bonds is 8. The number of carbonyl (C=O) groups excluding carboxylic acids is 1. The molecule has 0 spiro atoms. The van der Waals surface area contributed by atoms with E-state index in [-0.39, 0.29) is 50.5 Å². The largest absolute Gasteiger partial charge is 0.388 e. The summed E-state index contributed by atoms with van der Waals surface area (Å²) in [6, 6.07) is -0.440. The number of hydrogen-bond donors (Lipinski definition) is 7. The van der Waals surface area contributed by atoms with E-state index in [1.807, 2.05) is 0 Å². The number of nitrogens with zero attached hydrogens (tertiary/aromatic N) is 4. The number of fused-ring (bicyclic) bond motifs is 1. The van der Waals surface area contributed by atoms with Gasteiger partial charge in [-0.1, -0.05) is 20.8 Å². The average molecular weight is 677 g/mol. The van der Waals surface area contributed by atoms with Crippen LogP contribution < -0.4 is 10.6 Å². The minimum absolute atomic E-state index is 0.0489. The van der Waals surface area contributed by atoms with E-state index in [4.69, 9.17) is 26.1 Å². The zero-order chi connectivity index (χ0) is 32.1. The summed E-state index contributed by atoms with van der Waals surface area (Å²) in [5.41, 5.74) is 0.407. The summed E-state index contributed by atoms with van der Waals surface area (Å²) in [7, 11) is -8.97. The van der Waals surface area contributed by atoms with E-state index < -0.39 is 57.6 Å². The summed E-state index contributed by atoms with van der Waals surface area (Å²) >= 11 is 6.23. The standard InChI is InChI=1S/C26H39ClN6O9P2/c1-23-6-24(2)8-25(3,7-23)11-26(9-23,10-24)32-22(36)30-18-15-19(31-21(27)29-18)33(12-28-15)20-17(35)16(34)14(42-20)4-5-43(37,38)13-44(39,40)41/h12,14,16-17,20,34-35H,4-11,13H2,1-3H3,(H,37,38)(H2,39,40,41)(H2,29,30,31,32,36)/t14-,16+,17?,20-,23?,24?,25?,26?/m1/s1. The molecule has 5 atom stereocenters. The molecule has 3 heterocycles. The Labute approximate surface area is 258 Å². The Hall–Kier alpha value is -1.67. The molecule has 4 aliphatic carbocycles. The molecule has 0 aromatic carbocycles. The SMILES string of the molecule is CC12CC3(C)CC(C)(C1)CC(NC(=O)Nc1nc(Cl)nc4c1ncn4[C@@H]1O[C@H](CCP(=O)(O)CP(=O)(O)O)[C@H](O)C1O)(C2)C3. The van der Waals surface area contributed by atoms with Crippen LogP contribution in [-0.2, 0) is 13.9 Å². The molecule has 44 heavy (non-hydrogen) atoms. The lowest BCUT2D eigenvalue weighted by Crippen LogP contribution is -2.68. The maximum atomic E-state index is 13.5. The summed E-state index contributed by atoms with van der Waals surface area (Å²) in [6.45, 7) is 6.96. The zero-order valence-corrected chi connectivity index (χ0v) is 27.2. The molecule has 4 bridgehead atoms. The number of anilines is 1. The first-order valence-corrected chi connectivity index (χ1v) is 18.8. The van der Waals surface area contributed by atoms with Gasteiger partial charge >= 0.3 is 13.6 Å². The Morgan fingerprint density at radius 1 is 1.02 bits per heavy atom. The van der Waals surface area contributed by atoms with Crippen molar-refractivity contribution in [3.8, 4) is 0 Å². The Morgan fingerprint density at radius 2 is 1.61 bits per heavy atom. The number of hydrogen-bond acceptors (Lipinski definition) is 9. The molecule has 15 nitrogen and oxygen atoms in total. The van der Waals surface area contributed by atoms with Crippen molar-refractivity contribution in [3.05, 3.63) is 11.6 Å². The highest BCUT2D eigenvalue weighted by atomic mass is 35.5. The van der Waals surface area contributed by atoms with Gasteiger partial charge in [-0.2, -0.15) is 9.97 Å². The molecule has 4 saturated carbocycles. The fraction of sp³-hybridized carbons (Fsp3) is 0.769. The molecule has 7 rings (SSSR count). The van der Waals surface area contributed by atoms with Gasteiger partial charge in [-0.05, 0) is 72.8 Å². The van der Waals surface area contributed by atoms with Gasteiger partial charge in [0, 0.05) is 11.7 Å². The predicted octanol–water partition coefficient (Wildman–Crippen LogP) is 3.16. The lowest BCUT2D eigenvalue weighted by Gasteiger charge is -2.69. The summed E-state index contributed by atoms with van der Waals surface area (Å²) in [5, 5.41) is 27.2. The van der Waals surface area contributed by atoms with Crippen LogP contribution in [0.25, 0.3) is 11.2 Å².